The van der Waals surface area contributed by atoms with Gasteiger partial charge in [-0.25, -0.2) is 4.79 Å². The molecule has 0 bridgehead atoms. The number of carboxylic acid groups (broad SMARTS) is 1. The Labute approximate surface area is 142 Å². The van der Waals surface area contributed by atoms with Crippen molar-refractivity contribution in [3.63, 3.8) is 0 Å². The third-order valence-electron chi connectivity index (χ3n) is 3.69. The number of nitrogens with one attached hydrogen (secondary N) is 1. The van der Waals surface area contributed by atoms with Gasteiger partial charge in [-0.2, -0.15) is 0 Å². The van der Waals surface area contributed by atoms with Crippen LogP contribution < -0.4 is 11.1 Å². The average Bonchev–Trinajstić information content (AvgIpc) is 2.48. The van der Waals surface area contributed by atoms with E-state index >= 15 is 0 Å². The van der Waals surface area contributed by atoms with Crippen LogP contribution in [0.5, 0.6) is 0 Å². The highest BCUT2D eigenvalue weighted by atomic mass is 16.5. The zero-order valence-electron chi connectivity index (χ0n) is 14.9. The predicted octanol–water partition coefficient (Wildman–Crippen LogP) is 0.989. The number of nitrogens with zero attached hydrogens (tertiary/aromatic N) is 1. The highest BCUT2D eigenvalue weighted by Gasteiger charge is 2.30. The van der Waals surface area contributed by atoms with Gasteiger partial charge < -0.3 is 25.8 Å². The Kier molecular flexibility index (Phi) is 7.18. The van der Waals surface area contributed by atoms with Crippen LogP contribution in [0.4, 0.5) is 5.69 Å². The van der Waals surface area contributed by atoms with Gasteiger partial charge in [0, 0.05) is 12.2 Å². The highest BCUT2D eigenvalue weighted by Crippen LogP contribution is 2.20. The molecule has 1 rings (SSSR count). The molecule has 0 aromatic heterocycles. The van der Waals surface area contributed by atoms with Crippen molar-refractivity contribution in [3.8, 4) is 0 Å². The van der Waals surface area contributed by atoms with Gasteiger partial charge in [0.1, 0.15) is 18.2 Å². The number of aliphatic carboxylic acids is 1. The van der Waals surface area contributed by atoms with Gasteiger partial charge in [-0.1, -0.05) is 18.2 Å². The van der Waals surface area contributed by atoms with Crippen molar-refractivity contribution in [2.75, 3.05) is 26.0 Å². The number of hydrogen-bond acceptors (Lipinski definition) is 6. The van der Waals surface area contributed by atoms with Crippen LogP contribution in [0, 0.1) is 13.8 Å². The maximum atomic E-state index is 12.3. The quantitative estimate of drug-likeness (QED) is 0.608. The number of anilines is 1. The van der Waals surface area contributed by atoms with E-state index in [1.807, 2.05) is 32.0 Å². The molecular weight excluding hydrogens is 310 g/mol. The molecule has 0 aliphatic carbocycles. The number of esters is 1. The summed E-state index contributed by atoms with van der Waals surface area (Å²) < 4.78 is 5.35. The first-order valence-electron chi connectivity index (χ1n) is 7.79. The molecule has 1 aromatic carbocycles. The van der Waals surface area contributed by atoms with Crippen molar-refractivity contribution >= 4 is 17.6 Å². The molecule has 0 fully saturated rings. The normalized spacial score (nSPS) is 14.8. The van der Waals surface area contributed by atoms with Crippen LogP contribution in [0.3, 0.4) is 0 Å². The van der Waals surface area contributed by atoms with E-state index in [4.69, 9.17) is 15.6 Å². The standard InChI is InChI=1S/C17H27N3O4/c1-10-7-6-8-11(2)15(10)19-12(3)17(23)24-13(9-20(4)5)14(18)16(21)22/h6-8,12-14,19H,9,18H2,1-5H3,(H,21,22)/t12-,13?,14?/m0/s1. The van der Waals surface area contributed by atoms with Crippen molar-refractivity contribution in [1.82, 2.24) is 4.90 Å². The van der Waals surface area contributed by atoms with E-state index in [0.717, 1.165) is 16.8 Å². The van der Waals surface area contributed by atoms with Gasteiger partial charge in [0.15, 0.2) is 0 Å². The number of para-hydroxylation sites is 1. The number of carboxylic acids is 1. The summed E-state index contributed by atoms with van der Waals surface area (Å²) in [5.74, 6) is -1.74. The molecule has 0 saturated carbocycles. The number of likely N-dealkylation sites (N-methyl/N-ethyl adjacent to an activating group) is 1. The topological polar surface area (TPSA) is 105 Å². The summed E-state index contributed by atoms with van der Waals surface area (Å²) >= 11 is 0. The summed E-state index contributed by atoms with van der Waals surface area (Å²) in [5, 5.41) is 12.2. The number of carbonyl (C=O) groups excluding carboxylic acids is 1. The Morgan fingerprint density at radius 1 is 1.29 bits per heavy atom. The van der Waals surface area contributed by atoms with Crippen LogP contribution in [0.25, 0.3) is 0 Å². The lowest BCUT2D eigenvalue weighted by Gasteiger charge is -2.26. The fraction of sp³-hybridized carbons (Fsp3) is 0.529. The molecule has 3 atom stereocenters. The molecule has 24 heavy (non-hydrogen) atoms. The number of aryl methyl sites for hydroxylation is 2. The SMILES string of the molecule is Cc1cccc(C)c1N[C@@H](C)C(=O)OC(CN(C)C)C(N)C(=O)O. The zero-order chi connectivity index (χ0) is 18.4. The van der Waals surface area contributed by atoms with E-state index in [1.165, 1.54) is 0 Å². The molecule has 4 N–H and O–H groups in total. The third-order valence-corrected chi connectivity index (χ3v) is 3.69. The van der Waals surface area contributed by atoms with Crippen molar-refractivity contribution < 1.29 is 19.4 Å². The smallest absolute Gasteiger partial charge is 0.328 e. The van der Waals surface area contributed by atoms with Crippen LogP contribution >= 0.6 is 0 Å². The van der Waals surface area contributed by atoms with E-state index in [2.05, 4.69) is 5.32 Å². The van der Waals surface area contributed by atoms with Crippen molar-refractivity contribution in [2.24, 2.45) is 5.73 Å². The summed E-state index contributed by atoms with van der Waals surface area (Å²) in [4.78, 5) is 25.2. The summed E-state index contributed by atoms with van der Waals surface area (Å²) in [7, 11) is 3.52. The lowest BCUT2D eigenvalue weighted by Crippen LogP contribution is -2.50. The molecule has 0 heterocycles. The Hall–Kier alpha value is -2.12. The van der Waals surface area contributed by atoms with E-state index in [9.17, 15) is 9.59 Å². The summed E-state index contributed by atoms with van der Waals surface area (Å²) in [6.07, 6.45) is -0.924. The molecule has 0 aliphatic rings. The maximum absolute atomic E-state index is 12.3. The van der Waals surface area contributed by atoms with Crippen molar-refractivity contribution in [2.45, 2.75) is 39.0 Å². The van der Waals surface area contributed by atoms with Crippen LogP contribution in [-0.2, 0) is 14.3 Å². The van der Waals surface area contributed by atoms with E-state index in [0.29, 0.717) is 0 Å². The van der Waals surface area contributed by atoms with Gasteiger partial charge in [0.25, 0.3) is 0 Å². The average molecular weight is 337 g/mol. The number of benzene rings is 1. The molecule has 0 amide bonds. The van der Waals surface area contributed by atoms with E-state index in [-0.39, 0.29) is 6.54 Å². The van der Waals surface area contributed by atoms with Gasteiger partial charge in [-0.3, -0.25) is 4.79 Å². The van der Waals surface area contributed by atoms with Crippen LogP contribution in [0.1, 0.15) is 18.1 Å². The van der Waals surface area contributed by atoms with Gasteiger partial charge in [-0.05, 0) is 46.0 Å². The number of rotatable bonds is 8. The lowest BCUT2D eigenvalue weighted by atomic mass is 10.1. The van der Waals surface area contributed by atoms with Crippen molar-refractivity contribution in [1.29, 1.82) is 0 Å². The minimum absolute atomic E-state index is 0.231. The van der Waals surface area contributed by atoms with Gasteiger partial charge in [0.05, 0.1) is 0 Å². The Morgan fingerprint density at radius 3 is 2.29 bits per heavy atom. The zero-order valence-corrected chi connectivity index (χ0v) is 14.9. The maximum Gasteiger partial charge on any atom is 0.328 e. The number of hydrogen-bond donors (Lipinski definition) is 3. The van der Waals surface area contributed by atoms with E-state index < -0.39 is 30.1 Å². The second kappa shape index (κ2) is 8.65. The molecule has 1 aromatic rings. The first-order chi connectivity index (χ1) is 11.1. The van der Waals surface area contributed by atoms with Crippen LogP contribution in [0.15, 0.2) is 18.2 Å². The van der Waals surface area contributed by atoms with Gasteiger partial charge in [0.2, 0.25) is 0 Å². The Bertz CT molecular complexity index is 569. The molecule has 0 radical (unpaired) electrons. The molecule has 134 valence electrons. The van der Waals surface area contributed by atoms with Crippen LogP contribution in [-0.4, -0.2) is 60.8 Å². The first kappa shape index (κ1) is 19.9. The summed E-state index contributed by atoms with van der Waals surface area (Å²) in [6.45, 7) is 5.80. The summed E-state index contributed by atoms with van der Waals surface area (Å²) in [5.41, 5.74) is 8.53. The second-order valence-electron chi connectivity index (χ2n) is 6.23. The van der Waals surface area contributed by atoms with Gasteiger partial charge >= 0.3 is 11.9 Å². The predicted molar refractivity (Wildman–Crippen MR) is 93.0 cm³/mol. The minimum atomic E-state index is -1.27. The molecule has 7 nitrogen and oxygen atoms in total. The fourth-order valence-electron chi connectivity index (χ4n) is 2.31. The minimum Gasteiger partial charge on any atom is -0.480 e. The largest absolute Gasteiger partial charge is 0.480 e. The molecule has 7 heteroatoms. The lowest BCUT2D eigenvalue weighted by molar-refractivity contribution is -0.155. The molecule has 0 aliphatic heterocycles. The van der Waals surface area contributed by atoms with Crippen LogP contribution in [0.2, 0.25) is 0 Å². The molecule has 2 unspecified atom stereocenters. The monoisotopic (exact) mass is 337 g/mol. The molecule has 0 saturated heterocycles. The third kappa shape index (κ3) is 5.50. The van der Waals surface area contributed by atoms with Crippen molar-refractivity contribution in [3.05, 3.63) is 29.3 Å². The Morgan fingerprint density at radius 2 is 1.83 bits per heavy atom. The second-order valence-corrected chi connectivity index (χ2v) is 6.23. The number of carbonyl (C=O) groups is 2. The number of ether oxygens (including phenoxy) is 1. The summed E-state index contributed by atoms with van der Waals surface area (Å²) in [6, 6.07) is 3.93. The first-order valence-corrected chi connectivity index (χ1v) is 7.79. The van der Waals surface area contributed by atoms with Gasteiger partial charge in [-0.15, -0.1) is 0 Å². The highest BCUT2D eigenvalue weighted by molar-refractivity contribution is 5.81. The Balaban J connectivity index is 2.81. The fourth-order valence-corrected chi connectivity index (χ4v) is 2.31. The number of nitrogens with two attached hydrogens (primary N) is 1. The molecular formula is C17H27N3O4. The molecule has 0 spiro atoms. The van der Waals surface area contributed by atoms with E-state index in [1.54, 1.807) is 25.9 Å².